The van der Waals surface area contributed by atoms with Gasteiger partial charge in [0, 0.05) is 0 Å². The topological polar surface area (TPSA) is 35.5 Å². The molecule has 0 aliphatic carbocycles. The average molecular weight is 383 g/mol. The van der Waals surface area contributed by atoms with Crippen molar-refractivity contribution in [2.75, 3.05) is 13.2 Å². The first-order valence-corrected chi connectivity index (χ1v) is 11.8. The molecule has 0 heterocycles. The summed E-state index contributed by atoms with van der Waals surface area (Å²) in [4.78, 5) is 0. The second-order valence-corrected chi connectivity index (χ2v) is 10.6. The van der Waals surface area contributed by atoms with Crippen molar-refractivity contribution in [3.05, 3.63) is 30.3 Å². The molecule has 3 nitrogen and oxygen atoms in total. The summed E-state index contributed by atoms with van der Waals surface area (Å²) in [5.41, 5.74) is 0.235. The van der Waals surface area contributed by atoms with Gasteiger partial charge in [0.25, 0.3) is 0 Å². The maximum atomic E-state index is 13.4. The molecule has 26 heavy (non-hydrogen) atoms. The van der Waals surface area contributed by atoms with E-state index in [1.54, 1.807) is 0 Å². The van der Waals surface area contributed by atoms with Gasteiger partial charge in [-0.2, -0.15) is 0 Å². The minimum Gasteiger partial charge on any atom is -0.305 e. The minimum atomic E-state index is -3.25. The SMILES string of the molecule is CCCCCCCCOP(=O)(OCC(C)CC(C)(C)C)c1ccccc1. The van der Waals surface area contributed by atoms with Gasteiger partial charge in [0.2, 0.25) is 0 Å². The van der Waals surface area contributed by atoms with Crippen molar-refractivity contribution in [3.63, 3.8) is 0 Å². The zero-order valence-corrected chi connectivity index (χ0v) is 18.4. The first-order valence-electron chi connectivity index (χ1n) is 10.2. The van der Waals surface area contributed by atoms with Gasteiger partial charge in [-0.3, -0.25) is 4.57 Å². The lowest BCUT2D eigenvalue weighted by atomic mass is 9.86. The standard InChI is InChI=1S/C22H39O3P/c1-6-7-8-9-10-14-17-24-26(23,21-15-12-11-13-16-21)25-19-20(2)18-22(3,4)5/h11-13,15-16,20H,6-10,14,17-19H2,1-5H3. The normalized spacial score (nSPS) is 15.6. The summed E-state index contributed by atoms with van der Waals surface area (Å²) in [6.45, 7) is 12.0. The van der Waals surface area contributed by atoms with Crippen LogP contribution in [0.3, 0.4) is 0 Å². The molecule has 2 atom stereocenters. The van der Waals surface area contributed by atoms with Gasteiger partial charge >= 0.3 is 7.60 Å². The van der Waals surface area contributed by atoms with Crippen LogP contribution >= 0.6 is 7.60 Å². The van der Waals surface area contributed by atoms with Gasteiger partial charge in [-0.1, -0.05) is 84.9 Å². The Morgan fingerprint density at radius 2 is 1.58 bits per heavy atom. The summed E-state index contributed by atoms with van der Waals surface area (Å²) in [7, 11) is -3.25. The van der Waals surface area contributed by atoms with E-state index in [9.17, 15) is 4.57 Å². The lowest BCUT2D eigenvalue weighted by Gasteiger charge is -2.25. The van der Waals surface area contributed by atoms with Crippen molar-refractivity contribution in [2.45, 2.75) is 79.6 Å². The fourth-order valence-corrected chi connectivity index (χ4v) is 4.92. The molecule has 0 aliphatic heterocycles. The maximum Gasteiger partial charge on any atom is 0.361 e. The van der Waals surface area contributed by atoms with Gasteiger partial charge in [-0.25, -0.2) is 0 Å². The molecule has 0 aliphatic rings. The largest absolute Gasteiger partial charge is 0.361 e. The average Bonchev–Trinajstić information content (AvgIpc) is 2.58. The predicted molar refractivity (Wildman–Crippen MR) is 112 cm³/mol. The molecule has 0 spiro atoms. The zero-order valence-electron chi connectivity index (χ0n) is 17.5. The third-order valence-corrected chi connectivity index (χ3v) is 6.26. The van der Waals surface area contributed by atoms with Crippen molar-refractivity contribution in [3.8, 4) is 0 Å². The van der Waals surface area contributed by atoms with Crippen LogP contribution < -0.4 is 5.30 Å². The lowest BCUT2D eigenvalue weighted by molar-refractivity contribution is 0.167. The summed E-state index contributed by atoms with van der Waals surface area (Å²) >= 11 is 0. The molecule has 0 N–H and O–H groups in total. The molecule has 0 amide bonds. The molecule has 0 radical (unpaired) electrons. The molecule has 0 saturated heterocycles. The molecule has 1 rings (SSSR count). The van der Waals surface area contributed by atoms with Gasteiger partial charge in [0.05, 0.1) is 18.5 Å². The van der Waals surface area contributed by atoms with Gasteiger partial charge in [-0.05, 0) is 36.3 Å². The Bertz CT molecular complexity index is 522. The van der Waals surface area contributed by atoms with E-state index in [1.807, 2.05) is 30.3 Å². The summed E-state index contributed by atoms with van der Waals surface area (Å²) < 4.78 is 25.1. The van der Waals surface area contributed by atoms with Gasteiger partial charge in [-0.15, -0.1) is 0 Å². The Hall–Kier alpha value is -0.630. The van der Waals surface area contributed by atoms with Crippen LogP contribution in [0.4, 0.5) is 0 Å². The molecule has 1 aromatic carbocycles. The van der Waals surface area contributed by atoms with Crippen LogP contribution in [0, 0.1) is 11.3 Å². The van der Waals surface area contributed by atoms with E-state index in [4.69, 9.17) is 9.05 Å². The zero-order chi connectivity index (χ0) is 19.5. The van der Waals surface area contributed by atoms with Crippen LogP contribution in [0.15, 0.2) is 30.3 Å². The maximum absolute atomic E-state index is 13.4. The highest BCUT2D eigenvalue weighted by Crippen LogP contribution is 2.47. The van der Waals surface area contributed by atoms with Crippen LogP contribution in [0.2, 0.25) is 0 Å². The molecule has 2 unspecified atom stereocenters. The fraction of sp³-hybridized carbons (Fsp3) is 0.727. The van der Waals surface area contributed by atoms with E-state index in [0.29, 0.717) is 24.4 Å². The van der Waals surface area contributed by atoms with E-state index < -0.39 is 7.60 Å². The van der Waals surface area contributed by atoms with Crippen molar-refractivity contribution in [2.24, 2.45) is 11.3 Å². The second kappa shape index (κ2) is 12.0. The first-order chi connectivity index (χ1) is 12.3. The van der Waals surface area contributed by atoms with E-state index >= 15 is 0 Å². The van der Waals surface area contributed by atoms with Crippen LogP contribution in [0.25, 0.3) is 0 Å². The minimum absolute atomic E-state index is 0.235. The second-order valence-electron chi connectivity index (χ2n) is 8.60. The monoisotopic (exact) mass is 382 g/mol. The van der Waals surface area contributed by atoms with Gasteiger partial charge in [0.15, 0.2) is 0 Å². The Morgan fingerprint density at radius 3 is 2.19 bits per heavy atom. The van der Waals surface area contributed by atoms with Gasteiger partial charge in [0.1, 0.15) is 0 Å². The van der Waals surface area contributed by atoms with E-state index in [0.717, 1.165) is 19.3 Å². The van der Waals surface area contributed by atoms with Crippen LogP contribution in [0.1, 0.15) is 79.6 Å². The molecule has 0 saturated carbocycles. The quantitative estimate of drug-likeness (QED) is 0.273. The fourth-order valence-electron chi connectivity index (χ4n) is 3.19. The molecule has 0 bridgehead atoms. The number of benzene rings is 1. The molecule has 4 heteroatoms. The highest BCUT2D eigenvalue weighted by Gasteiger charge is 2.28. The Labute approximate surface area is 161 Å². The van der Waals surface area contributed by atoms with Crippen molar-refractivity contribution < 1.29 is 13.6 Å². The van der Waals surface area contributed by atoms with Crippen LogP contribution in [-0.2, 0) is 13.6 Å². The lowest BCUT2D eigenvalue weighted by Crippen LogP contribution is -2.18. The first kappa shape index (κ1) is 23.4. The van der Waals surface area contributed by atoms with E-state index in [1.165, 1.54) is 25.7 Å². The summed E-state index contributed by atoms with van der Waals surface area (Å²) in [6, 6.07) is 9.38. The molecular weight excluding hydrogens is 343 g/mol. The van der Waals surface area contributed by atoms with Crippen LogP contribution in [0.5, 0.6) is 0 Å². The Morgan fingerprint density at radius 1 is 0.962 bits per heavy atom. The third kappa shape index (κ3) is 9.90. The molecule has 1 aromatic rings. The number of unbranched alkanes of at least 4 members (excludes halogenated alkanes) is 5. The molecule has 0 fully saturated rings. The Kier molecular flexibility index (Phi) is 10.8. The smallest absolute Gasteiger partial charge is 0.305 e. The van der Waals surface area contributed by atoms with Crippen LogP contribution in [-0.4, -0.2) is 13.2 Å². The van der Waals surface area contributed by atoms with E-state index in [-0.39, 0.29) is 5.41 Å². The summed E-state index contributed by atoms with van der Waals surface area (Å²) in [5.74, 6) is 0.338. The van der Waals surface area contributed by atoms with E-state index in [2.05, 4.69) is 34.6 Å². The molecule has 150 valence electrons. The highest BCUT2D eigenvalue weighted by molar-refractivity contribution is 7.62. The summed E-state index contributed by atoms with van der Waals surface area (Å²) in [5, 5.41) is 0.661. The Balaban J connectivity index is 2.57. The van der Waals surface area contributed by atoms with Crippen molar-refractivity contribution >= 4 is 12.9 Å². The highest BCUT2D eigenvalue weighted by atomic mass is 31.2. The third-order valence-electron chi connectivity index (χ3n) is 4.32. The number of hydrogen-bond donors (Lipinski definition) is 0. The summed E-state index contributed by atoms with van der Waals surface area (Å²) in [6.07, 6.45) is 8.11. The van der Waals surface area contributed by atoms with Crippen molar-refractivity contribution in [1.29, 1.82) is 0 Å². The van der Waals surface area contributed by atoms with Crippen molar-refractivity contribution in [1.82, 2.24) is 0 Å². The number of rotatable bonds is 13. The number of hydrogen-bond acceptors (Lipinski definition) is 3. The van der Waals surface area contributed by atoms with Gasteiger partial charge < -0.3 is 9.05 Å². The molecular formula is C22H39O3P. The molecule has 0 aromatic heterocycles. The predicted octanol–water partition coefficient (Wildman–Crippen LogP) is 6.97.